The zero-order valence-electron chi connectivity index (χ0n) is 7.65. The highest BCUT2D eigenvalue weighted by Gasteiger charge is 2.14. The maximum absolute atomic E-state index is 10.3. The van der Waals surface area contributed by atoms with Gasteiger partial charge in [-0.25, -0.2) is 0 Å². The summed E-state index contributed by atoms with van der Waals surface area (Å²) < 4.78 is 0. The van der Waals surface area contributed by atoms with Gasteiger partial charge in [0.2, 0.25) is 0 Å². The van der Waals surface area contributed by atoms with Crippen molar-refractivity contribution in [3.05, 3.63) is 39.9 Å². The standard InChI is InChI=1S/C9H12N2O2/c1-9(2,10)7-3-5-8(6-4-7)11(12)13/h3-6H,10H2,1-2H3. The Labute approximate surface area is 76.5 Å². The highest BCUT2D eigenvalue weighted by molar-refractivity contribution is 5.35. The van der Waals surface area contributed by atoms with Crippen LogP contribution in [0.2, 0.25) is 0 Å². The summed E-state index contributed by atoms with van der Waals surface area (Å²) in [7, 11) is 0. The van der Waals surface area contributed by atoms with E-state index in [1.807, 2.05) is 13.8 Å². The normalized spacial score (nSPS) is 11.3. The Morgan fingerprint density at radius 2 is 1.77 bits per heavy atom. The number of nitrogens with zero attached hydrogens (tertiary/aromatic N) is 1. The van der Waals surface area contributed by atoms with Crippen molar-refractivity contribution in [1.29, 1.82) is 0 Å². The van der Waals surface area contributed by atoms with Crippen molar-refractivity contribution in [3.63, 3.8) is 0 Å². The van der Waals surface area contributed by atoms with Crippen LogP contribution in [0.4, 0.5) is 5.69 Å². The topological polar surface area (TPSA) is 69.2 Å². The molecule has 0 aliphatic heterocycles. The van der Waals surface area contributed by atoms with E-state index in [0.717, 1.165) is 5.56 Å². The van der Waals surface area contributed by atoms with Crippen LogP contribution in [0.1, 0.15) is 19.4 Å². The van der Waals surface area contributed by atoms with Gasteiger partial charge < -0.3 is 5.73 Å². The molecule has 2 N–H and O–H groups in total. The van der Waals surface area contributed by atoms with E-state index in [2.05, 4.69) is 0 Å². The molecule has 1 aromatic rings. The summed E-state index contributed by atoms with van der Waals surface area (Å²) in [6, 6.07) is 6.28. The van der Waals surface area contributed by atoms with Gasteiger partial charge in [0.25, 0.3) is 5.69 Å². The lowest BCUT2D eigenvalue weighted by molar-refractivity contribution is -0.384. The molecule has 0 radical (unpaired) electrons. The molecule has 0 aliphatic rings. The van der Waals surface area contributed by atoms with Gasteiger partial charge in [-0.2, -0.15) is 0 Å². The van der Waals surface area contributed by atoms with Crippen molar-refractivity contribution in [1.82, 2.24) is 0 Å². The molecule has 0 aliphatic carbocycles. The first-order valence-electron chi connectivity index (χ1n) is 3.95. The van der Waals surface area contributed by atoms with Crippen LogP contribution in [0.25, 0.3) is 0 Å². The first-order chi connectivity index (χ1) is 5.91. The van der Waals surface area contributed by atoms with Crippen LogP contribution in [-0.4, -0.2) is 4.92 Å². The van der Waals surface area contributed by atoms with E-state index < -0.39 is 10.5 Å². The Morgan fingerprint density at radius 3 is 2.08 bits per heavy atom. The van der Waals surface area contributed by atoms with Crippen LogP contribution in [-0.2, 0) is 5.54 Å². The number of benzene rings is 1. The lowest BCUT2D eigenvalue weighted by atomic mass is 9.96. The summed E-state index contributed by atoms with van der Waals surface area (Å²) in [6.45, 7) is 3.71. The fraction of sp³-hybridized carbons (Fsp3) is 0.333. The van der Waals surface area contributed by atoms with Crippen molar-refractivity contribution in [3.8, 4) is 0 Å². The summed E-state index contributed by atoms with van der Waals surface area (Å²) in [5.74, 6) is 0. The summed E-state index contributed by atoms with van der Waals surface area (Å²) in [6.07, 6.45) is 0. The van der Waals surface area contributed by atoms with Gasteiger partial charge in [-0.15, -0.1) is 0 Å². The van der Waals surface area contributed by atoms with E-state index in [-0.39, 0.29) is 5.69 Å². The Hall–Kier alpha value is -1.42. The molecule has 0 bridgehead atoms. The molecule has 0 amide bonds. The number of nitro benzene ring substituents is 1. The molecular weight excluding hydrogens is 168 g/mol. The fourth-order valence-corrected chi connectivity index (χ4v) is 1.01. The van der Waals surface area contributed by atoms with Crippen LogP contribution in [0, 0.1) is 10.1 Å². The number of nitro groups is 1. The molecule has 4 nitrogen and oxygen atoms in total. The average Bonchev–Trinajstić information content (AvgIpc) is 2.03. The number of rotatable bonds is 2. The van der Waals surface area contributed by atoms with Gasteiger partial charge in [-0.1, -0.05) is 12.1 Å². The number of nitrogens with two attached hydrogens (primary N) is 1. The number of hydrogen-bond acceptors (Lipinski definition) is 3. The summed E-state index contributed by atoms with van der Waals surface area (Å²) in [4.78, 5) is 9.91. The number of non-ortho nitro benzene ring substituents is 1. The maximum Gasteiger partial charge on any atom is 0.269 e. The Morgan fingerprint density at radius 1 is 1.31 bits per heavy atom. The predicted molar refractivity (Wildman–Crippen MR) is 50.3 cm³/mol. The van der Waals surface area contributed by atoms with E-state index in [4.69, 9.17) is 5.73 Å². The molecule has 1 aromatic carbocycles. The Bertz CT molecular complexity index is 311. The van der Waals surface area contributed by atoms with Crippen molar-refractivity contribution in [2.75, 3.05) is 0 Å². The Kier molecular flexibility index (Phi) is 2.34. The third kappa shape index (κ3) is 2.26. The van der Waals surface area contributed by atoms with Crippen LogP contribution in [0.15, 0.2) is 24.3 Å². The summed E-state index contributed by atoms with van der Waals surface area (Å²) >= 11 is 0. The molecule has 0 unspecified atom stereocenters. The second-order valence-corrected chi connectivity index (χ2v) is 3.53. The minimum absolute atomic E-state index is 0.0907. The zero-order valence-corrected chi connectivity index (χ0v) is 7.65. The summed E-state index contributed by atoms with van der Waals surface area (Å²) in [5.41, 5.74) is 6.34. The second-order valence-electron chi connectivity index (χ2n) is 3.53. The second kappa shape index (κ2) is 3.14. The molecule has 4 heteroatoms. The third-order valence-corrected chi connectivity index (χ3v) is 1.82. The molecule has 70 valence electrons. The highest BCUT2D eigenvalue weighted by Crippen LogP contribution is 2.19. The molecule has 0 saturated heterocycles. The van der Waals surface area contributed by atoms with Crippen molar-refractivity contribution < 1.29 is 4.92 Å². The van der Waals surface area contributed by atoms with Gasteiger partial charge in [0.1, 0.15) is 0 Å². The zero-order chi connectivity index (χ0) is 10.1. The van der Waals surface area contributed by atoms with E-state index >= 15 is 0 Å². The molecule has 13 heavy (non-hydrogen) atoms. The average molecular weight is 180 g/mol. The van der Waals surface area contributed by atoms with Crippen molar-refractivity contribution in [2.45, 2.75) is 19.4 Å². The molecule has 0 heterocycles. The smallest absolute Gasteiger partial charge is 0.269 e. The maximum atomic E-state index is 10.3. The molecular formula is C9H12N2O2. The first kappa shape index (κ1) is 9.67. The number of hydrogen-bond donors (Lipinski definition) is 1. The molecule has 0 fully saturated rings. The van der Waals surface area contributed by atoms with Gasteiger partial charge in [-0.3, -0.25) is 10.1 Å². The van der Waals surface area contributed by atoms with Gasteiger partial charge in [0, 0.05) is 17.7 Å². The van der Waals surface area contributed by atoms with Crippen molar-refractivity contribution >= 4 is 5.69 Å². The molecule has 0 saturated carbocycles. The van der Waals surface area contributed by atoms with Crippen LogP contribution < -0.4 is 5.73 Å². The molecule has 0 aromatic heterocycles. The first-order valence-corrected chi connectivity index (χ1v) is 3.95. The SMILES string of the molecule is CC(C)(N)c1ccc([N+](=O)[O-])cc1. The lowest BCUT2D eigenvalue weighted by Gasteiger charge is -2.18. The molecule has 1 rings (SSSR count). The monoisotopic (exact) mass is 180 g/mol. The molecule has 0 atom stereocenters. The van der Waals surface area contributed by atoms with Gasteiger partial charge in [0.15, 0.2) is 0 Å². The van der Waals surface area contributed by atoms with Crippen molar-refractivity contribution in [2.24, 2.45) is 5.73 Å². The van der Waals surface area contributed by atoms with E-state index in [0.29, 0.717) is 0 Å². The minimum atomic E-state index is -0.449. The molecule has 0 spiro atoms. The third-order valence-electron chi connectivity index (χ3n) is 1.82. The van der Waals surface area contributed by atoms with Crippen LogP contribution in [0.3, 0.4) is 0 Å². The van der Waals surface area contributed by atoms with Gasteiger partial charge in [-0.05, 0) is 19.4 Å². The van der Waals surface area contributed by atoms with Gasteiger partial charge in [0.05, 0.1) is 4.92 Å². The van der Waals surface area contributed by atoms with Crippen LogP contribution >= 0.6 is 0 Å². The highest BCUT2D eigenvalue weighted by atomic mass is 16.6. The van der Waals surface area contributed by atoms with E-state index in [1.54, 1.807) is 12.1 Å². The predicted octanol–water partition coefficient (Wildman–Crippen LogP) is 1.79. The Balaban J connectivity index is 3.01. The quantitative estimate of drug-likeness (QED) is 0.557. The van der Waals surface area contributed by atoms with E-state index in [1.165, 1.54) is 12.1 Å². The van der Waals surface area contributed by atoms with E-state index in [9.17, 15) is 10.1 Å². The summed E-state index contributed by atoms with van der Waals surface area (Å²) in [5, 5.41) is 10.3. The minimum Gasteiger partial charge on any atom is -0.322 e. The van der Waals surface area contributed by atoms with Gasteiger partial charge >= 0.3 is 0 Å². The van der Waals surface area contributed by atoms with Crippen LogP contribution in [0.5, 0.6) is 0 Å². The fourth-order valence-electron chi connectivity index (χ4n) is 1.01. The lowest BCUT2D eigenvalue weighted by Crippen LogP contribution is -2.28. The largest absolute Gasteiger partial charge is 0.322 e.